The zero-order valence-corrected chi connectivity index (χ0v) is 14.6. The van der Waals surface area contributed by atoms with Crippen molar-refractivity contribution in [3.8, 4) is 11.3 Å². The van der Waals surface area contributed by atoms with E-state index in [0.717, 1.165) is 22.0 Å². The van der Waals surface area contributed by atoms with Gasteiger partial charge in [0.15, 0.2) is 4.34 Å². The molecule has 6 nitrogen and oxygen atoms in total. The van der Waals surface area contributed by atoms with E-state index in [-0.39, 0.29) is 11.7 Å². The molecule has 0 atom stereocenters. The molecule has 0 saturated carbocycles. The Bertz CT molecular complexity index is 829. The number of amides is 1. The van der Waals surface area contributed by atoms with Gasteiger partial charge in [0, 0.05) is 16.6 Å². The van der Waals surface area contributed by atoms with Crippen LogP contribution in [-0.4, -0.2) is 26.8 Å². The lowest BCUT2D eigenvalue weighted by Crippen LogP contribution is -2.13. The van der Waals surface area contributed by atoms with Gasteiger partial charge in [0.05, 0.1) is 16.5 Å². The molecule has 9 heteroatoms. The van der Waals surface area contributed by atoms with Gasteiger partial charge in [0.1, 0.15) is 0 Å². The Kier molecular flexibility index (Phi) is 4.89. The number of hydrogen-bond donors (Lipinski definition) is 2. The highest BCUT2D eigenvalue weighted by molar-refractivity contribution is 8.01. The number of rotatable bonds is 5. The number of nitrogens with zero attached hydrogens (tertiary/aromatic N) is 3. The van der Waals surface area contributed by atoms with Crippen LogP contribution in [0.4, 0.5) is 10.8 Å². The second-order valence-electron chi connectivity index (χ2n) is 4.58. The van der Waals surface area contributed by atoms with Crippen molar-refractivity contribution in [3.63, 3.8) is 0 Å². The van der Waals surface area contributed by atoms with Crippen LogP contribution >= 0.6 is 34.4 Å². The molecule has 0 aliphatic heterocycles. The first-order chi connectivity index (χ1) is 11.1. The van der Waals surface area contributed by atoms with Gasteiger partial charge in [-0.25, -0.2) is 4.98 Å². The Hall–Kier alpha value is -1.97. The van der Waals surface area contributed by atoms with Gasteiger partial charge in [0.2, 0.25) is 11.0 Å². The average Bonchev–Trinajstić information content (AvgIpc) is 3.14. The number of hydrogen-bond acceptors (Lipinski definition) is 8. The third kappa shape index (κ3) is 4.27. The Morgan fingerprint density at radius 1 is 1.39 bits per heavy atom. The van der Waals surface area contributed by atoms with Gasteiger partial charge in [-0.2, -0.15) is 0 Å². The van der Waals surface area contributed by atoms with Crippen molar-refractivity contribution in [2.24, 2.45) is 0 Å². The predicted octanol–water partition coefficient (Wildman–Crippen LogP) is 3.28. The summed E-state index contributed by atoms with van der Waals surface area (Å²) < 4.78 is 0.685. The summed E-state index contributed by atoms with van der Waals surface area (Å²) in [5.41, 5.74) is 8.16. The molecule has 1 amide bonds. The number of carbonyl (C=O) groups is 1. The number of anilines is 2. The van der Waals surface area contributed by atoms with Crippen molar-refractivity contribution in [1.82, 2.24) is 15.2 Å². The van der Waals surface area contributed by atoms with Crippen LogP contribution in [0.3, 0.4) is 0 Å². The first-order valence-corrected chi connectivity index (χ1v) is 9.32. The minimum Gasteiger partial charge on any atom is -0.374 e. The van der Waals surface area contributed by atoms with Crippen LogP contribution in [0.2, 0.25) is 0 Å². The van der Waals surface area contributed by atoms with Crippen LogP contribution in [0, 0.1) is 6.92 Å². The van der Waals surface area contributed by atoms with E-state index < -0.39 is 0 Å². The van der Waals surface area contributed by atoms with Gasteiger partial charge in [-0.1, -0.05) is 35.2 Å². The van der Waals surface area contributed by atoms with E-state index in [1.165, 1.54) is 23.1 Å². The van der Waals surface area contributed by atoms with Gasteiger partial charge in [-0.05, 0) is 19.1 Å². The van der Waals surface area contributed by atoms with Crippen LogP contribution in [0.5, 0.6) is 0 Å². The normalized spacial score (nSPS) is 10.7. The molecule has 0 spiro atoms. The topological polar surface area (TPSA) is 93.8 Å². The molecule has 0 aliphatic rings. The summed E-state index contributed by atoms with van der Waals surface area (Å²) in [5, 5.41) is 13.9. The number of aromatic nitrogens is 3. The number of nitrogens with two attached hydrogens (primary N) is 1. The first-order valence-electron chi connectivity index (χ1n) is 6.64. The lowest BCUT2D eigenvalue weighted by molar-refractivity contribution is -0.113. The Balaban J connectivity index is 1.62. The van der Waals surface area contributed by atoms with Crippen LogP contribution in [0.15, 0.2) is 34.0 Å². The first kappa shape index (κ1) is 15.9. The van der Waals surface area contributed by atoms with Gasteiger partial charge in [-0.3, -0.25) is 4.79 Å². The van der Waals surface area contributed by atoms with Crippen LogP contribution in [0.25, 0.3) is 11.3 Å². The summed E-state index contributed by atoms with van der Waals surface area (Å²) in [7, 11) is 0. The molecule has 2 heterocycles. The molecule has 118 valence electrons. The molecular formula is C14H13N5OS3. The monoisotopic (exact) mass is 363 g/mol. The van der Waals surface area contributed by atoms with Crippen molar-refractivity contribution in [3.05, 3.63) is 34.7 Å². The molecular weight excluding hydrogens is 350 g/mol. The molecule has 3 rings (SSSR count). The maximum absolute atomic E-state index is 12.0. The van der Waals surface area contributed by atoms with Crippen molar-refractivity contribution in [2.45, 2.75) is 11.3 Å². The standard InChI is InChI=1S/C14H13N5OS3/c1-8-16-11(6-21-8)9-3-2-4-10(5-9)17-12(20)7-22-14-19-18-13(15)23-14/h2-6H,7H2,1H3,(H2,15,18)(H,17,20). The SMILES string of the molecule is Cc1nc(-c2cccc(NC(=O)CSc3nnc(N)s3)c2)cs1. The van der Waals surface area contributed by atoms with E-state index in [0.29, 0.717) is 9.47 Å². The number of nitrogen functional groups attached to an aromatic ring is 1. The van der Waals surface area contributed by atoms with Crippen LogP contribution in [-0.2, 0) is 4.79 Å². The number of benzene rings is 1. The third-order valence-corrected chi connectivity index (χ3v) is 5.47. The smallest absolute Gasteiger partial charge is 0.234 e. The fraction of sp³-hybridized carbons (Fsp3) is 0.143. The van der Waals surface area contributed by atoms with Gasteiger partial charge in [0.25, 0.3) is 0 Å². The molecule has 3 N–H and O–H groups in total. The second kappa shape index (κ2) is 7.07. The van der Waals surface area contributed by atoms with Gasteiger partial charge in [-0.15, -0.1) is 21.5 Å². The zero-order valence-electron chi connectivity index (χ0n) is 12.1. The molecule has 0 unspecified atom stereocenters. The zero-order chi connectivity index (χ0) is 16.2. The van der Waals surface area contributed by atoms with Crippen LogP contribution in [0.1, 0.15) is 5.01 Å². The summed E-state index contributed by atoms with van der Waals surface area (Å²) in [6.45, 7) is 1.97. The molecule has 2 aromatic heterocycles. The lowest BCUT2D eigenvalue weighted by Gasteiger charge is -2.05. The third-order valence-electron chi connectivity index (χ3n) is 2.81. The molecule has 23 heavy (non-hydrogen) atoms. The van der Waals surface area contributed by atoms with E-state index in [4.69, 9.17) is 5.73 Å². The van der Waals surface area contributed by atoms with Crippen molar-refractivity contribution >= 4 is 51.2 Å². The van der Waals surface area contributed by atoms with E-state index >= 15 is 0 Å². The highest BCUT2D eigenvalue weighted by Crippen LogP contribution is 2.25. The summed E-state index contributed by atoms with van der Waals surface area (Å²) >= 11 is 4.19. The quantitative estimate of drug-likeness (QED) is 0.676. The second-order valence-corrected chi connectivity index (χ2v) is 7.87. The van der Waals surface area contributed by atoms with E-state index in [9.17, 15) is 4.79 Å². The highest BCUT2D eigenvalue weighted by Gasteiger charge is 2.08. The molecule has 0 aliphatic carbocycles. The molecule has 3 aromatic rings. The Morgan fingerprint density at radius 2 is 2.26 bits per heavy atom. The average molecular weight is 363 g/mol. The fourth-order valence-electron chi connectivity index (χ4n) is 1.86. The lowest BCUT2D eigenvalue weighted by atomic mass is 10.1. The fourth-order valence-corrected chi connectivity index (χ4v) is 3.91. The maximum atomic E-state index is 12.0. The summed E-state index contributed by atoms with van der Waals surface area (Å²) in [4.78, 5) is 16.5. The number of thioether (sulfide) groups is 1. The van der Waals surface area contributed by atoms with Crippen LogP contribution < -0.4 is 11.1 Å². The van der Waals surface area contributed by atoms with E-state index in [2.05, 4.69) is 20.5 Å². The van der Waals surface area contributed by atoms with E-state index in [1.807, 2.05) is 36.6 Å². The highest BCUT2D eigenvalue weighted by atomic mass is 32.2. The molecule has 0 fully saturated rings. The number of nitrogens with one attached hydrogen (secondary N) is 1. The van der Waals surface area contributed by atoms with E-state index in [1.54, 1.807) is 11.3 Å². The predicted molar refractivity (Wildman–Crippen MR) is 96.0 cm³/mol. The van der Waals surface area contributed by atoms with Crippen molar-refractivity contribution in [2.75, 3.05) is 16.8 Å². The molecule has 0 bridgehead atoms. The van der Waals surface area contributed by atoms with Gasteiger partial charge < -0.3 is 11.1 Å². The van der Waals surface area contributed by atoms with Gasteiger partial charge >= 0.3 is 0 Å². The molecule has 0 radical (unpaired) electrons. The Labute approximate surface area is 145 Å². The minimum atomic E-state index is -0.102. The Morgan fingerprint density at radius 3 is 2.96 bits per heavy atom. The summed E-state index contributed by atoms with van der Waals surface area (Å²) in [6, 6.07) is 7.65. The maximum Gasteiger partial charge on any atom is 0.234 e. The summed E-state index contributed by atoms with van der Waals surface area (Å²) in [6.07, 6.45) is 0. The number of thiazole rings is 1. The van der Waals surface area contributed by atoms with Crippen molar-refractivity contribution in [1.29, 1.82) is 0 Å². The minimum absolute atomic E-state index is 0.102. The molecule has 1 aromatic carbocycles. The largest absolute Gasteiger partial charge is 0.374 e. The van der Waals surface area contributed by atoms with Crippen molar-refractivity contribution < 1.29 is 4.79 Å². The number of carbonyl (C=O) groups excluding carboxylic acids is 1. The summed E-state index contributed by atoms with van der Waals surface area (Å²) in [5.74, 6) is 0.157. The number of aryl methyl sites for hydroxylation is 1. The molecule has 0 saturated heterocycles.